The van der Waals surface area contributed by atoms with Gasteiger partial charge in [0.2, 0.25) is 0 Å². The first kappa shape index (κ1) is 9.96. The number of carbonyl (C=O) groups is 1. The zero-order valence-electron chi connectivity index (χ0n) is 8.60. The second kappa shape index (κ2) is 3.88. The highest BCUT2D eigenvalue weighted by Gasteiger charge is 2.32. The number of nitrogens with one attached hydrogen (secondary N) is 1. The molecule has 1 aromatic rings. The van der Waals surface area contributed by atoms with Crippen molar-refractivity contribution in [3.8, 4) is 5.75 Å². The van der Waals surface area contributed by atoms with Crippen LogP contribution in [0.5, 0.6) is 5.75 Å². The number of amides is 1. The molecule has 2 atom stereocenters. The highest BCUT2D eigenvalue weighted by atomic mass is 16.3. The summed E-state index contributed by atoms with van der Waals surface area (Å²) in [5, 5.41) is 12.2. The molecule has 0 saturated heterocycles. The lowest BCUT2D eigenvalue weighted by Crippen LogP contribution is -2.25. The van der Waals surface area contributed by atoms with Gasteiger partial charge in [-0.05, 0) is 24.3 Å². The Morgan fingerprint density at radius 3 is 3.07 bits per heavy atom. The molecule has 1 aromatic heterocycles. The van der Waals surface area contributed by atoms with Crippen LogP contribution in [-0.2, 0) is 0 Å². The van der Waals surface area contributed by atoms with Crippen molar-refractivity contribution in [1.29, 1.82) is 0 Å². The van der Waals surface area contributed by atoms with Gasteiger partial charge in [-0.25, -0.2) is 0 Å². The summed E-state index contributed by atoms with van der Waals surface area (Å²) in [6, 6.07) is 1.51. The number of hydrogen-bond acceptors (Lipinski definition) is 3. The molecule has 2 N–H and O–H groups in total. The van der Waals surface area contributed by atoms with E-state index in [9.17, 15) is 9.90 Å². The van der Waals surface area contributed by atoms with E-state index < -0.39 is 0 Å². The van der Waals surface area contributed by atoms with Crippen LogP contribution in [0.2, 0.25) is 0 Å². The van der Waals surface area contributed by atoms with Crippen LogP contribution in [0.1, 0.15) is 23.7 Å². The van der Waals surface area contributed by atoms with E-state index in [1.165, 1.54) is 24.9 Å². The molecule has 1 aliphatic carbocycles. The molecule has 0 aromatic carbocycles. The number of aromatic nitrogens is 1. The molecule has 0 radical (unpaired) electrons. The Balaban J connectivity index is 1.93. The molecule has 0 bridgehead atoms. The standard InChI is InChI=1S/C11H14N2O2/c1-7-4-8(7)5-13-11(15)9-2-3-12-6-10(9)14/h2-3,6-8,14H,4-5H2,1H3,(H,13,15). The van der Waals surface area contributed by atoms with Crippen LogP contribution in [0.4, 0.5) is 0 Å². The Morgan fingerprint density at radius 1 is 1.73 bits per heavy atom. The van der Waals surface area contributed by atoms with Crippen molar-refractivity contribution in [2.24, 2.45) is 11.8 Å². The molecule has 4 nitrogen and oxygen atoms in total. The summed E-state index contributed by atoms with van der Waals surface area (Å²) < 4.78 is 0. The first-order chi connectivity index (χ1) is 7.18. The average molecular weight is 206 g/mol. The summed E-state index contributed by atoms with van der Waals surface area (Å²) in [5.41, 5.74) is 0.290. The van der Waals surface area contributed by atoms with Gasteiger partial charge in [0.25, 0.3) is 5.91 Å². The fourth-order valence-corrected chi connectivity index (χ4v) is 1.58. The smallest absolute Gasteiger partial charge is 0.255 e. The Bertz CT molecular complexity index is 379. The quantitative estimate of drug-likeness (QED) is 0.780. The number of aromatic hydroxyl groups is 1. The van der Waals surface area contributed by atoms with Gasteiger partial charge in [0.15, 0.2) is 0 Å². The monoisotopic (exact) mass is 206 g/mol. The first-order valence-corrected chi connectivity index (χ1v) is 5.09. The third kappa shape index (κ3) is 2.26. The minimum absolute atomic E-state index is 0.0705. The summed E-state index contributed by atoms with van der Waals surface area (Å²) in [5.74, 6) is 1.03. The molecular weight excluding hydrogens is 192 g/mol. The first-order valence-electron chi connectivity index (χ1n) is 5.09. The highest BCUT2D eigenvalue weighted by Crippen LogP contribution is 2.36. The summed E-state index contributed by atoms with van der Waals surface area (Å²) in [6.07, 6.45) is 3.95. The topological polar surface area (TPSA) is 62.2 Å². The summed E-state index contributed by atoms with van der Waals surface area (Å²) >= 11 is 0. The Kier molecular flexibility index (Phi) is 2.58. The van der Waals surface area contributed by atoms with E-state index in [1.54, 1.807) is 0 Å². The van der Waals surface area contributed by atoms with Crippen molar-refractivity contribution in [3.63, 3.8) is 0 Å². The highest BCUT2D eigenvalue weighted by molar-refractivity contribution is 5.96. The average Bonchev–Trinajstić information content (AvgIpc) is 2.92. The maximum absolute atomic E-state index is 11.6. The summed E-state index contributed by atoms with van der Waals surface area (Å²) in [4.78, 5) is 15.3. The number of carbonyl (C=O) groups excluding carboxylic acids is 1. The number of rotatable bonds is 3. The molecular formula is C11H14N2O2. The number of pyridine rings is 1. The van der Waals surface area contributed by atoms with E-state index in [2.05, 4.69) is 17.2 Å². The van der Waals surface area contributed by atoms with Crippen molar-refractivity contribution < 1.29 is 9.90 Å². The second-order valence-corrected chi connectivity index (χ2v) is 4.08. The molecule has 4 heteroatoms. The predicted molar refractivity (Wildman–Crippen MR) is 55.5 cm³/mol. The van der Waals surface area contributed by atoms with E-state index in [-0.39, 0.29) is 11.7 Å². The third-order valence-electron chi connectivity index (χ3n) is 2.85. The van der Waals surface area contributed by atoms with Crippen molar-refractivity contribution in [3.05, 3.63) is 24.0 Å². The van der Waals surface area contributed by atoms with E-state index >= 15 is 0 Å². The lowest BCUT2D eigenvalue weighted by Gasteiger charge is -2.05. The van der Waals surface area contributed by atoms with Gasteiger partial charge < -0.3 is 10.4 Å². The molecule has 2 rings (SSSR count). The van der Waals surface area contributed by atoms with Crippen molar-refractivity contribution in [1.82, 2.24) is 10.3 Å². The minimum atomic E-state index is -0.228. The molecule has 0 aliphatic heterocycles. The largest absolute Gasteiger partial charge is 0.505 e. The minimum Gasteiger partial charge on any atom is -0.505 e. The maximum Gasteiger partial charge on any atom is 0.255 e. The fourth-order valence-electron chi connectivity index (χ4n) is 1.58. The van der Waals surface area contributed by atoms with Crippen LogP contribution in [0.15, 0.2) is 18.5 Å². The molecule has 1 amide bonds. The van der Waals surface area contributed by atoms with Crippen LogP contribution >= 0.6 is 0 Å². The van der Waals surface area contributed by atoms with E-state index in [0.29, 0.717) is 18.0 Å². The van der Waals surface area contributed by atoms with Crippen LogP contribution in [0.3, 0.4) is 0 Å². The molecule has 80 valence electrons. The molecule has 1 fully saturated rings. The van der Waals surface area contributed by atoms with Gasteiger partial charge in [0.1, 0.15) is 5.75 Å². The van der Waals surface area contributed by atoms with Crippen LogP contribution in [0, 0.1) is 11.8 Å². The molecule has 1 aliphatic rings. The Morgan fingerprint density at radius 2 is 2.47 bits per heavy atom. The molecule has 0 spiro atoms. The molecule has 15 heavy (non-hydrogen) atoms. The van der Waals surface area contributed by atoms with Gasteiger partial charge in [-0.1, -0.05) is 6.92 Å². The van der Waals surface area contributed by atoms with Gasteiger partial charge in [-0.2, -0.15) is 0 Å². The number of nitrogens with zero attached hydrogens (tertiary/aromatic N) is 1. The number of hydrogen-bond donors (Lipinski definition) is 2. The van der Waals surface area contributed by atoms with E-state index in [0.717, 1.165) is 5.92 Å². The van der Waals surface area contributed by atoms with Crippen LogP contribution in [0.25, 0.3) is 0 Å². The molecule has 1 heterocycles. The third-order valence-corrected chi connectivity index (χ3v) is 2.85. The van der Waals surface area contributed by atoms with Gasteiger partial charge in [0, 0.05) is 12.7 Å². The van der Waals surface area contributed by atoms with Crippen molar-refractivity contribution in [2.45, 2.75) is 13.3 Å². The molecule has 2 unspecified atom stereocenters. The van der Waals surface area contributed by atoms with E-state index in [4.69, 9.17) is 0 Å². The van der Waals surface area contributed by atoms with Crippen molar-refractivity contribution in [2.75, 3.05) is 6.54 Å². The van der Waals surface area contributed by atoms with Gasteiger partial charge in [0.05, 0.1) is 11.8 Å². The van der Waals surface area contributed by atoms with Crippen LogP contribution < -0.4 is 5.32 Å². The summed E-state index contributed by atoms with van der Waals surface area (Å²) in [7, 11) is 0. The van der Waals surface area contributed by atoms with E-state index in [1.807, 2.05) is 0 Å². The van der Waals surface area contributed by atoms with Crippen LogP contribution in [-0.4, -0.2) is 22.5 Å². The Hall–Kier alpha value is -1.58. The summed E-state index contributed by atoms with van der Waals surface area (Å²) in [6.45, 7) is 2.86. The zero-order valence-corrected chi connectivity index (χ0v) is 8.60. The van der Waals surface area contributed by atoms with Gasteiger partial charge in [-0.3, -0.25) is 9.78 Å². The molecule has 1 saturated carbocycles. The van der Waals surface area contributed by atoms with Crippen molar-refractivity contribution >= 4 is 5.91 Å². The Labute approximate surface area is 88.3 Å². The predicted octanol–water partition coefficient (Wildman–Crippen LogP) is 1.17. The SMILES string of the molecule is CC1CC1CNC(=O)c1ccncc1O. The van der Waals surface area contributed by atoms with Gasteiger partial charge in [-0.15, -0.1) is 0 Å². The second-order valence-electron chi connectivity index (χ2n) is 4.08. The lowest BCUT2D eigenvalue weighted by molar-refractivity contribution is 0.0948. The fraction of sp³-hybridized carbons (Fsp3) is 0.455. The zero-order chi connectivity index (χ0) is 10.8. The lowest BCUT2D eigenvalue weighted by atomic mass is 10.2. The maximum atomic E-state index is 11.6. The normalized spacial score (nSPS) is 23.5. The van der Waals surface area contributed by atoms with Gasteiger partial charge >= 0.3 is 0 Å².